The van der Waals surface area contributed by atoms with Crippen molar-refractivity contribution in [1.29, 1.82) is 0 Å². The zero-order valence-corrected chi connectivity index (χ0v) is 16.6. The maximum absolute atomic E-state index is 13.2. The Labute approximate surface area is 182 Å². The van der Waals surface area contributed by atoms with Gasteiger partial charge < -0.3 is 9.84 Å². The minimum atomic E-state index is -8.64. The number of hydrogen-bond acceptors (Lipinski definition) is 2. The van der Waals surface area contributed by atoms with Gasteiger partial charge in [-0.1, -0.05) is 12.7 Å². The largest absolute Gasteiger partial charge is 0.478 e. The van der Waals surface area contributed by atoms with Crippen LogP contribution in [0.4, 0.5) is 74.6 Å². The number of ether oxygens (including phenoxy) is 1. The lowest BCUT2D eigenvalue weighted by Gasteiger charge is -2.42. The van der Waals surface area contributed by atoms with E-state index in [1.807, 2.05) is 0 Å². The number of carboxylic acids is 1. The summed E-state index contributed by atoms with van der Waals surface area (Å²) in [6.45, 7) is 5.29. The van der Waals surface area contributed by atoms with Crippen molar-refractivity contribution in [2.24, 2.45) is 0 Å². The molecule has 0 aliphatic heterocycles. The first kappa shape index (κ1) is 34.7. The SMILES string of the molecule is C=C(C)C(=O)O.CC=COC(F)(F)C(F)(F)C(F)(F)C(F)(F)C(F)(F)C(F)(F)C(F)(F)C(F)(F)F. The molecule has 0 aliphatic rings. The van der Waals surface area contributed by atoms with E-state index in [-0.39, 0.29) is 11.6 Å². The van der Waals surface area contributed by atoms with E-state index in [4.69, 9.17) is 5.11 Å². The highest BCUT2D eigenvalue weighted by atomic mass is 19.4. The van der Waals surface area contributed by atoms with Crippen LogP contribution in [0.1, 0.15) is 13.8 Å². The smallest absolute Gasteiger partial charge is 0.470 e. The van der Waals surface area contributed by atoms with Crippen LogP contribution in [0.2, 0.25) is 0 Å². The number of halogens is 17. The average Bonchev–Trinajstić information content (AvgIpc) is 2.64. The van der Waals surface area contributed by atoms with E-state index >= 15 is 0 Å². The monoisotopic (exact) mass is 562 g/mol. The number of hydrogen-bond donors (Lipinski definition) is 1. The Balaban J connectivity index is 0. The van der Waals surface area contributed by atoms with Gasteiger partial charge in [0.2, 0.25) is 0 Å². The van der Waals surface area contributed by atoms with E-state index in [0.29, 0.717) is 6.92 Å². The molecule has 0 rings (SSSR count). The van der Waals surface area contributed by atoms with Crippen LogP contribution in [0.15, 0.2) is 24.5 Å². The molecule has 1 N–H and O–H groups in total. The highest BCUT2D eigenvalue weighted by molar-refractivity contribution is 5.84. The number of rotatable bonds is 9. The fourth-order valence-electron chi connectivity index (χ4n) is 1.38. The van der Waals surface area contributed by atoms with E-state index in [0.717, 1.165) is 0 Å². The van der Waals surface area contributed by atoms with Crippen LogP contribution < -0.4 is 0 Å². The molecule has 0 saturated carbocycles. The Morgan fingerprint density at radius 3 is 1.14 bits per heavy atom. The Morgan fingerprint density at radius 2 is 0.914 bits per heavy atom. The molecule has 0 unspecified atom stereocenters. The first-order chi connectivity index (χ1) is 15.0. The quantitative estimate of drug-likeness (QED) is 0.185. The molecular weight excluding hydrogens is 551 g/mol. The highest BCUT2D eigenvalue weighted by Gasteiger charge is 2.95. The summed E-state index contributed by atoms with van der Waals surface area (Å²) in [6, 6.07) is 0. The average molecular weight is 562 g/mol. The first-order valence-corrected chi connectivity index (χ1v) is 7.84. The second kappa shape index (κ2) is 9.90. The Hall–Kier alpha value is -2.44. The maximum Gasteiger partial charge on any atom is 0.470 e. The third-order valence-corrected chi connectivity index (χ3v) is 3.41. The molecule has 20 heteroatoms. The van der Waals surface area contributed by atoms with E-state index < -0.39 is 60.1 Å². The van der Waals surface area contributed by atoms with Crippen molar-refractivity contribution in [1.82, 2.24) is 0 Å². The van der Waals surface area contributed by atoms with E-state index in [1.165, 1.54) is 6.92 Å². The van der Waals surface area contributed by atoms with Crippen molar-refractivity contribution < 1.29 is 89.3 Å². The van der Waals surface area contributed by atoms with E-state index in [1.54, 1.807) is 0 Å². The van der Waals surface area contributed by atoms with Crippen LogP contribution >= 0.6 is 0 Å². The second-order valence-corrected chi connectivity index (χ2v) is 6.13. The molecule has 0 aliphatic carbocycles. The van der Waals surface area contributed by atoms with Gasteiger partial charge in [-0.2, -0.15) is 74.6 Å². The topological polar surface area (TPSA) is 46.5 Å². The van der Waals surface area contributed by atoms with E-state index in [2.05, 4.69) is 11.3 Å². The summed E-state index contributed by atoms with van der Waals surface area (Å²) in [5, 5.41) is 7.89. The lowest BCUT2D eigenvalue weighted by atomic mass is 9.90. The number of allylic oxidation sites excluding steroid dienone is 1. The predicted molar refractivity (Wildman–Crippen MR) is 79.0 cm³/mol. The van der Waals surface area contributed by atoms with Crippen LogP contribution in [0.3, 0.4) is 0 Å². The molecule has 0 amide bonds. The minimum Gasteiger partial charge on any atom is -0.478 e. The molecule has 35 heavy (non-hydrogen) atoms. The fraction of sp³-hybridized carbons (Fsp3) is 0.667. The van der Waals surface area contributed by atoms with Gasteiger partial charge in [0.1, 0.15) is 0 Å². The van der Waals surface area contributed by atoms with E-state index in [9.17, 15) is 79.4 Å². The van der Waals surface area contributed by atoms with Crippen LogP contribution in [0, 0.1) is 0 Å². The summed E-state index contributed by atoms with van der Waals surface area (Å²) in [5.74, 6) is -51.0. The van der Waals surface area contributed by atoms with Crippen LogP contribution in [0.5, 0.6) is 0 Å². The molecule has 0 spiro atoms. The van der Waals surface area contributed by atoms with Crippen molar-refractivity contribution in [3.05, 3.63) is 24.5 Å². The molecule has 208 valence electrons. The zero-order chi connectivity index (χ0) is 29.3. The standard InChI is InChI=1S/C11H5F17O.C4H6O2/c1-2-3-29-11(27,28)9(22,23)7(18,19)5(14,15)4(12,13)6(16,17)8(20,21)10(24,25)26;1-3(2)4(5)6/h2-3H,1H3;1H2,2H3,(H,5,6). The van der Waals surface area contributed by atoms with Gasteiger partial charge in [-0.25, -0.2) is 4.79 Å². The van der Waals surface area contributed by atoms with Gasteiger partial charge in [0.25, 0.3) is 0 Å². The van der Waals surface area contributed by atoms with Gasteiger partial charge in [0.15, 0.2) is 0 Å². The molecule has 3 nitrogen and oxygen atoms in total. The normalized spacial score (nSPS) is 14.9. The molecule has 0 fully saturated rings. The summed E-state index contributed by atoms with van der Waals surface area (Å²) in [7, 11) is 0. The Morgan fingerprint density at radius 1 is 0.657 bits per heavy atom. The zero-order valence-electron chi connectivity index (χ0n) is 16.6. The number of carbonyl (C=O) groups is 1. The van der Waals surface area contributed by atoms with Gasteiger partial charge in [-0.3, -0.25) is 0 Å². The van der Waals surface area contributed by atoms with Crippen LogP contribution in [0.25, 0.3) is 0 Å². The third-order valence-electron chi connectivity index (χ3n) is 3.41. The van der Waals surface area contributed by atoms with Gasteiger partial charge in [0, 0.05) is 5.57 Å². The lowest BCUT2D eigenvalue weighted by molar-refractivity contribution is -0.474. The molecule has 0 saturated heterocycles. The summed E-state index contributed by atoms with van der Waals surface area (Å²) in [6.07, 6.45) is -14.9. The maximum atomic E-state index is 13.2. The Bertz CT molecular complexity index is 783. The number of carboxylic acid groups (broad SMARTS) is 1. The summed E-state index contributed by atoms with van der Waals surface area (Å²) < 4.78 is 220. The summed E-state index contributed by atoms with van der Waals surface area (Å²) in [4.78, 5) is 9.60. The van der Waals surface area contributed by atoms with Crippen molar-refractivity contribution in [2.45, 2.75) is 61.7 Å². The van der Waals surface area contributed by atoms with Crippen LogP contribution in [-0.2, 0) is 9.53 Å². The predicted octanol–water partition coefficient (Wildman–Crippen LogP) is 7.15. The van der Waals surface area contributed by atoms with Gasteiger partial charge in [-0.05, 0) is 13.8 Å². The molecule has 0 aromatic rings. The molecule has 0 atom stereocenters. The Kier molecular flexibility index (Phi) is 9.82. The van der Waals surface area contributed by atoms with Gasteiger partial charge in [-0.15, -0.1) is 0 Å². The first-order valence-electron chi connectivity index (χ1n) is 7.84. The summed E-state index contributed by atoms with van der Waals surface area (Å²) >= 11 is 0. The van der Waals surface area contributed by atoms with Gasteiger partial charge in [0.05, 0.1) is 6.26 Å². The minimum absolute atomic E-state index is 0.176. The second-order valence-electron chi connectivity index (χ2n) is 6.13. The molecule has 0 aromatic carbocycles. The third kappa shape index (κ3) is 5.70. The number of aliphatic carboxylic acids is 1. The molecular formula is C15H11F17O3. The lowest BCUT2D eigenvalue weighted by Crippen LogP contribution is -2.74. The van der Waals surface area contributed by atoms with Crippen molar-refractivity contribution >= 4 is 5.97 Å². The highest BCUT2D eigenvalue weighted by Crippen LogP contribution is 2.63. The van der Waals surface area contributed by atoms with Crippen molar-refractivity contribution in [2.75, 3.05) is 0 Å². The fourth-order valence-corrected chi connectivity index (χ4v) is 1.38. The van der Waals surface area contributed by atoms with Crippen LogP contribution in [-0.4, -0.2) is 58.9 Å². The van der Waals surface area contributed by atoms with Crippen molar-refractivity contribution in [3.63, 3.8) is 0 Å². The van der Waals surface area contributed by atoms with Gasteiger partial charge >= 0.3 is 53.8 Å². The molecule has 0 radical (unpaired) electrons. The molecule has 0 aromatic heterocycles. The van der Waals surface area contributed by atoms with Crippen molar-refractivity contribution in [3.8, 4) is 0 Å². The number of alkyl halides is 17. The summed E-state index contributed by atoms with van der Waals surface area (Å²) in [5.41, 5.74) is 0.176. The molecule has 0 heterocycles. The molecule has 0 bridgehead atoms.